The van der Waals surface area contributed by atoms with Gasteiger partial charge in [-0.05, 0) is 33.1 Å². The lowest BCUT2D eigenvalue weighted by atomic mass is 10.2. The maximum atomic E-state index is 11.4. The van der Waals surface area contributed by atoms with E-state index in [4.69, 9.17) is 9.47 Å². The second kappa shape index (κ2) is 12.6. The van der Waals surface area contributed by atoms with Gasteiger partial charge in [0.15, 0.2) is 6.29 Å². The van der Waals surface area contributed by atoms with Gasteiger partial charge in [0.1, 0.15) is 0 Å². The number of carbonyl (C=O) groups is 1. The largest absolute Gasteiger partial charge is 0.436 e. The first kappa shape index (κ1) is 17.2. The van der Waals surface area contributed by atoms with Crippen molar-refractivity contribution >= 4 is 5.97 Å². The van der Waals surface area contributed by atoms with Gasteiger partial charge in [-0.1, -0.05) is 38.3 Å². The third kappa shape index (κ3) is 11.6. The summed E-state index contributed by atoms with van der Waals surface area (Å²) >= 11 is 0. The first-order valence-corrected chi connectivity index (χ1v) is 7.13. The van der Waals surface area contributed by atoms with Crippen LogP contribution < -0.4 is 0 Å². The molecule has 0 aliphatic heterocycles. The average molecular weight is 256 g/mol. The number of hydrogen-bond acceptors (Lipinski definition) is 3. The predicted octanol–water partition coefficient (Wildman–Crippen LogP) is 4.22. The van der Waals surface area contributed by atoms with Crippen molar-refractivity contribution in [2.75, 3.05) is 6.61 Å². The van der Waals surface area contributed by atoms with Gasteiger partial charge < -0.3 is 9.47 Å². The molecule has 3 nitrogen and oxygen atoms in total. The van der Waals surface area contributed by atoms with Crippen LogP contribution in [0.15, 0.2) is 12.2 Å². The van der Waals surface area contributed by atoms with Gasteiger partial charge in [0.2, 0.25) is 0 Å². The van der Waals surface area contributed by atoms with E-state index >= 15 is 0 Å². The molecule has 3 heteroatoms. The topological polar surface area (TPSA) is 35.5 Å². The minimum Gasteiger partial charge on any atom is -0.436 e. The van der Waals surface area contributed by atoms with E-state index in [2.05, 4.69) is 13.0 Å². The summed E-state index contributed by atoms with van der Waals surface area (Å²) in [5.74, 6) is -0.166. The third-order valence-electron chi connectivity index (χ3n) is 2.64. The van der Waals surface area contributed by atoms with E-state index in [9.17, 15) is 4.79 Å². The van der Waals surface area contributed by atoms with E-state index in [0.717, 1.165) is 19.3 Å². The van der Waals surface area contributed by atoms with Gasteiger partial charge in [-0.25, -0.2) is 0 Å². The van der Waals surface area contributed by atoms with Crippen molar-refractivity contribution in [3.8, 4) is 0 Å². The predicted molar refractivity (Wildman–Crippen MR) is 74.3 cm³/mol. The zero-order valence-electron chi connectivity index (χ0n) is 12.1. The highest BCUT2D eigenvalue weighted by Crippen LogP contribution is 2.04. The molecule has 0 saturated heterocycles. The van der Waals surface area contributed by atoms with Crippen LogP contribution in [0.1, 0.15) is 65.7 Å². The van der Waals surface area contributed by atoms with Gasteiger partial charge in [-0.15, -0.1) is 0 Å². The molecule has 1 atom stereocenters. The van der Waals surface area contributed by atoms with Crippen LogP contribution in [0.5, 0.6) is 0 Å². The van der Waals surface area contributed by atoms with Crippen molar-refractivity contribution in [2.24, 2.45) is 0 Å². The first-order chi connectivity index (χ1) is 8.70. The second-order valence-electron chi connectivity index (χ2n) is 4.45. The van der Waals surface area contributed by atoms with Crippen molar-refractivity contribution in [1.29, 1.82) is 0 Å². The number of carbonyl (C=O) groups excluding carboxylic acids is 1. The van der Waals surface area contributed by atoms with Crippen molar-refractivity contribution in [2.45, 2.75) is 72.0 Å². The number of ether oxygens (including phenoxy) is 2. The molecule has 0 spiro atoms. The molecule has 0 aromatic heterocycles. The average Bonchev–Trinajstić information content (AvgIpc) is 2.34. The summed E-state index contributed by atoms with van der Waals surface area (Å²) in [5, 5.41) is 0. The zero-order chi connectivity index (χ0) is 13.6. The summed E-state index contributed by atoms with van der Waals surface area (Å²) in [7, 11) is 0. The monoisotopic (exact) mass is 256 g/mol. The highest BCUT2D eigenvalue weighted by molar-refractivity contribution is 5.69. The van der Waals surface area contributed by atoms with Crippen LogP contribution in [-0.4, -0.2) is 18.9 Å². The first-order valence-electron chi connectivity index (χ1n) is 7.13. The molecule has 0 heterocycles. The molecule has 0 radical (unpaired) electrons. The van der Waals surface area contributed by atoms with E-state index < -0.39 is 6.29 Å². The van der Waals surface area contributed by atoms with E-state index in [1.165, 1.54) is 19.3 Å². The smallest absolute Gasteiger partial charge is 0.308 e. The number of esters is 1. The van der Waals surface area contributed by atoms with Gasteiger partial charge in [0, 0.05) is 6.42 Å². The van der Waals surface area contributed by atoms with E-state index in [1.54, 1.807) is 6.92 Å². The van der Waals surface area contributed by atoms with Gasteiger partial charge >= 0.3 is 5.97 Å². The van der Waals surface area contributed by atoms with Gasteiger partial charge in [-0.3, -0.25) is 4.79 Å². The Morgan fingerprint density at radius 2 is 2.00 bits per heavy atom. The lowest BCUT2D eigenvalue weighted by Crippen LogP contribution is -2.18. The SMILES string of the molecule is CC=CCCCC(=O)O[C@H](C)OCCCCCC. The molecular formula is C15H28O3. The molecule has 106 valence electrons. The van der Waals surface area contributed by atoms with E-state index in [0.29, 0.717) is 13.0 Å². The summed E-state index contributed by atoms with van der Waals surface area (Å²) in [6.07, 6.45) is 10.5. The standard InChI is InChI=1S/C15H28O3/c1-4-6-8-10-12-15(16)18-14(3)17-13-11-9-7-5-2/h4,6,14H,5,7-13H2,1-3H3/t14-/m1/s1. The molecular weight excluding hydrogens is 228 g/mol. The lowest BCUT2D eigenvalue weighted by molar-refractivity contribution is -0.175. The van der Waals surface area contributed by atoms with Crippen LogP contribution in [0.4, 0.5) is 0 Å². The summed E-state index contributed by atoms with van der Waals surface area (Å²) < 4.78 is 10.6. The molecule has 0 fully saturated rings. The number of allylic oxidation sites excluding steroid dienone is 2. The van der Waals surface area contributed by atoms with Crippen molar-refractivity contribution in [1.82, 2.24) is 0 Å². The fraction of sp³-hybridized carbons (Fsp3) is 0.800. The number of hydrogen-bond donors (Lipinski definition) is 0. The van der Waals surface area contributed by atoms with E-state index in [1.807, 2.05) is 13.0 Å². The maximum absolute atomic E-state index is 11.4. The molecule has 0 amide bonds. The number of unbranched alkanes of at least 4 members (excludes halogenated alkanes) is 4. The summed E-state index contributed by atoms with van der Waals surface area (Å²) in [6.45, 7) is 6.61. The fourth-order valence-corrected chi connectivity index (χ4v) is 1.59. The minimum atomic E-state index is -0.416. The summed E-state index contributed by atoms with van der Waals surface area (Å²) in [4.78, 5) is 11.4. The molecule has 0 unspecified atom stereocenters. The fourth-order valence-electron chi connectivity index (χ4n) is 1.59. The molecule has 0 aromatic rings. The zero-order valence-corrected chi connectivity index (χ0v) is 12.1. The molecule has 18 heavy (non-hydrogen) atoms. The van der Waals surface area contributed by atoms with Crippen molar-refractivity contribution < 1.29 is 14.3 Å². The van der Waals surface area contributed by atoms with Gasteiger partial charge in [-0.2, -0.15) is 0 Å². The molecule has 0 aliphatic rings. The summed E-state index contributed by atoms with van der Waals surface area (Å²) in [5.41, 5.74) is 0. The van der Waals surface area contributed by atoms with Crippen LogP contribution in [0.25, 0.3) is 0 Å². The van der Waals surface area contributed by atoms with Crippen molar-refractivity contribution in [3.05, 3.63) is 12.2 Å². The molecule has 0 aromatic carbocycles. The van der Waals surface area contributed by atoms with Crippen LogP contribution in [0, 0.1) is 0 Å². The van der Waals surface area contributed by atoms with E-state index in [-0.39, 0.29) is 5.97 Å². The Kier molecular flexibility index (Phi) is 12.0. The highest BCUT2D eigenvalue weighted by atomic mass is 16.7. The Morgan fingerprint density at radius 3 is 2.67 bits per heavy atom. The Bertz CT molecular complexity index is 224. The molecule has 0 aliphatic carbocycles. The van der Waals surface area contributed by atoms with Crippen molar-refractivity contribution in [3.63, 3.8) is 0 Å². The maximum Gasteiger partial charge on any atom is 0.308 e. The molecule has 0 bridgehead atoms. The minimum absolute atomic E-state index is 0.166. The van der Waals surface area contributed by atoms with Gasteiger partial charge in [0.05, 0.1) is 6.61 Å². The van der Waals surface area contributed by atoms with Crippen LogP contribution in [-0.2, 0) is 14.3 Å². The Morgan fingerprint density at radius 1 is 1.22 bits per heavy atom. The Labute approximate surface area is 112 Å². The van der Waals surface area contributed by atoms with Gasteiger partial charge in [0.25, 0.3) is 0 Å². The second-order valence-corrected chi connectivity index (χ2v) is 4.45. The van der Waals surface area contributed by atoms with Crippen LogP contribution in [0.3, 0.4) is 0 Å². The molecule has 0 saturated carbocycles. The quantitative estimate of drug-likeness (QED) is 0.240. The van der Waals surface area contributed by atoms with Crippen LogP contribution in [0.2, 0.25) is 0 Å². The normalized spacial score (nSPS) is 12.8. The number of rotatable bonds is 11. The molecule has 0 rings (SSSR count). The summed E-state index contributed by atoms with van der Waals surface area (Å²) in [6, 6.07) is 0. The van der Waals surface area contributed by atoms with Crippen LogP contribution >= 0.6 is 0 Å². The third-order valence-corrected chi connectivity index (χ3v) is 2.64. The Hall–Kier alpha value is -0.830. The lowest BCUT2D eigenvalue weighted by Gasteiger charge is -2.13. The highest BCUT2D eigenvalue weighted by Gasteiger charge is 2.08. The molecule has 0 N–H and O–H groups in total. The Balaban J connectivity index is 3.43.